The van der Waals surface area contributed by atoms with Gasteiger partial charge in [-0.25, -0.2) is 8.42 Å². The highest BCUT2D eigenvalue weighted by molar-refractivity contribution is 7.88. The summed E-state index contributed by atoms with van der Waals surface area (Å²) in [5, 5.41) is 12.4. The number of phenols is 1. The summed E-state index contributed by atoms with van der Waals surface area (Å²) < 4.78 is 25.1. The number of hydrogen-bond donors (Lipinski definition) is 2. The van der Waals surface area contributed by atoms with Crippen LogP contribution in [-0.2, 0) is 21.2 Å². The fraction of sp³-hybridized carbons (Fsp3) is 0.562. The molecule has 1 heterocycles. The zero-order valence-corrected chi connectivity index (χ0v) is 15.2. The summed E-state index contributed by atoms with van der Waals surface area (Å²) in [6, 6.07) is 4.62. The first-order valence-corrected chi connectivity index (χ1v) is 10.2. The lowest BCUT2D eigenvalue weighted by atomic mass is 10.0. The topological polar surface area (TPSA) is 86.7 Å². The van der Waals surface area contributed by atoms with Gasteiger partial charge < -0.3 is 10.4 Å². The van der Waals surface area contributed by atoms with E-state index in [4.69, 9.17) is 11.6 Å². The van der Waals surface area contributed by atoms with Crippen LogP contribution in [0.15, 0.2) is 18.2 Å². The minimum Gasteiger partial charge on any atom is -0.506 e. The largest absolute Gasteiger partial charge is 0.506 e. The van der Waals surface area contributed by atoms with Crippen LogP contribution in [0.3, 0.4) is 0 Å². The number of rotatable bonds is 6. The highest BCUT2D eigenvalue weighted by Gasteiger charge is 2.28. The predicted octanol–water partition coefficient (Wildman–Crippen LogP) is 1.91. The monoisotopic (exact) mass is 374 g/mol. The third-order valence-corrected chi connectivity index (χ3v) is 5.81. The Morgan fingerprint density at radius 2 is 2.17 bits per heavy atom. The van der Waals surface area contributed by atoms with Gasteiger partial charge in [0.15, 0.2) is 0 Å². The maximum Gasteiger partial charge on any atom is 0.224 e. The Labute approximate surface area is 147 Å². The van der Waals surface area contributed by atoms with E-state index in [1.165, 1.54) is 12.3 Å². The highest BCUT2D eigenvalue weighted by atomic mass is 35.5. The molecule has 6 nitrogen and oxygen atoms in total. The molecule has 1 atom stereocenters. The molecule has 0 saturated carbocycles. The molecule has 0 radical (unpaired) electrons. The van der Waals surface area contributed by atoms with Crippen LogP contribution in [0.5, 0.6) is 5.75 Å². The third-order valence-electron chi connectivity index (χ3n) is 4.18. The molecular weight excluding hydrogens is 352 g/mol. The number of aromatic hydroxyl groups is 1. The van der Waals surface area contributed by atoms with Gasteiger partial charge >= 0.3 is 0 Å². The summed E-state index contributed by atoms with van der Waals surface area (Å²) in [7, 11) is -3.20. The van der Waals surface area contributed by atoms with Gasteiger partial charge in [-0.1, -0.05) is 24.1 Å². The Bertz CT molecular complexity index is 693. The van der Waals surface area contributed by atoms with Gasteiger partial charge in [-0.3, -0.25) is 4.79 Å². The molecule has 1 aromatic rings. The van der Waals surface area contributed by atoms with Crippen molar-refractivity contribution in [3.05, 3.63) is 28.8 Å². The first-order valence-electron chi connectivity index (χ1n) is 7.98. The van der Waals surface area contributed by atoms with Crippen molar-refractivity contribution in [3.8, 4) is 5.75 Å². The van der Waals surface area contributed by atoms with E-state index in [2.05, 4.69) is 5.32 Å². The number of phenolic OH excluding ortho intramolecular Hbond substituents is 1. The summed E-state index contributed by atoms with van der Waals surface area (Å²) in [6.07, 6.45) is 4.73. The van der Waals surface area contributed by atoms with Crippen LogP contribution in [0.25, 0.3) is 0 Å². The minimum absolute atomic E-state index is 0.0148. The first-order chi connectivity index (χ1) is 11.3. The second kappa shape index (κ2) is 8.18. The van der Waals surface area contributed by atoms with Gasteiger partial charge in [0, 0.05) is 19.1 Å². The van der Waals surface area contributed by atoms with Crippen LogP contribution in [0.1, 0.15) is 31.2 Å². The number of piperidine rings is 1. The minimum atomic E-state index is -3.20. The zero-order valence-electron chi connectivity index (χ0n) is 13.7. The molecule has 0 aromatic heterocycles. The Hall–Kier alpha value is -1.31. The average Bonchev–Trinajstić information content (AvgIpc) is 2.50. The van der Waals surface area contributed by atoms with Crippen LogP contribution < -0.4 is 5.32 Å². The zero-order chi connectivity index (χ0) is 17.7. The normalized spacial score (nSPS) is 19.2. The van der Waals surface area contributed by atoms with E-state index in [1.807, 2.05) is 0 Å². The van der Waals surface area contributed by atoms with Crippen LogP contribution in [0, 0.1) is 0 Å². The molecule has 1 fully saturated rings. The van der Waals surface area contributed by atoms with Gasteiger partial charge in [0.1, 0.15) is 5.75 Å². The molecule has 8 heteroatoms. The highest BCUT2D eigenvalue weighted by Crippen LogP contribution is 2.24. The van der Waals surface area contributed by atoms with Crippen LogP contribution in [0.4, 0.5) is 0 Å². The lowest BCUT2D eigenvalue weighted by Crippen LogP contribution is -2.44. The standard InChI is InChI=1S/C16H23ClN2O4S/c1-24(22,23)19-9-3-2-4-13(19)7-8-18-16(21)11-12-5-6-15(20)14(17)10-12/h5-6,10,13,20H,2-4,7-9,11H2,1H3,(H,18,21)/t13-/m1/s1. The van der Waals surface area contributed by atoms with Crippen LogP contribution in [-0.4, -0.2) is 49.1 Å². The predicted molar refractivity (Wildman–Crippen MR) is 93.6 cm³/mol. The number of sulfonamides is 1. The van der Waals surface area contributed by atoms with Gasteiger partial charge in [0.2, 0.25) is 15.9 Å². The van der Waals surface area contributed by atoms with Crippen molar-refractivity contribution in [2.24, 2.45) is 0 Å². The quantitative estimate of drug-likeness (QED) is 0.796. The molecule has 1 saturated heterocycles. The molecule has 1 aliphatic rings. The Morgan fingerprint density at radius 3 is 2.83 bits per heavy atom. The van der Waals surface area contributed by atoms with Crippen molar-refractivity contribution in [1.29, 1.82) is 0 Å². The van der Waals surface area contributed by atoms with Crippen LogP contribution >= 0.6 is 11.6 Å². The number of amides is 1. The SMILES string of the molecule is CS(=O)(=O)N1CCCC[C@@H]1CCNC(=O)Cc1ccc(O)c(Cl)c1. The van der Waals surface area contributed by atoms with Crippen molar-refractivity contribution < 1.29 is 18.3 Å². The lowest BCUT2D eigenvalue weighted by Gasteiger charge is -2.33. The van der Waals surface area contributed by atoms with Crippen molar-refractivity contribution in [3.63, 3.8) is 0 Å². The molecule has 1 aromatic carbocycles. The van der Waals surface area contributed by atoms with Crippen molar-refractivity contribution in [1.82, 2.24) is 9.62 Å². The Kier molecular flexibility index (Phi) is 6.48. The smallest absolute Gasteiger partial charge is 0.224 e. The number of carbonyl (C=O) groups excluding carboxylic acids is 1. The summed E-state index contributed by atoms with van der Waals surface area (Å²) >= 11 is 5.82. The molecule has 0 bridgehead atoms. The van der Waals surface area contributed by atoms with E-state index in [0.717, 1.165) is 19.3 Å². The van der Waals surface area contributed by atoms with Crippen molar-refractivity contribution >= 4 is 27.5 Å². The van der Waals surface area contributed by atoms with Crippen molar-refractivity contribution in [2.45, 2.75) is 38.1 Å². The molecule has 0 spiro atoms. The lowest BCUT2D eigenvalue weighted by molar-refractivity contribution is -0.120. The van der Waals surface area contributed by atoms with E-state index >= 15 is 0 Å². The van der Waals surface area contributed by atoms with Gasteiger partial charge in [-0.15, -0.1) is 0 Å². The summed E-state index contributed by atoms with van der Waals surface area (Å²) in [6.45, 7) is 0.991. The number of nitrogens with zero attached hydrogens (tertiary/aromatic N) is 1. The second-order valence-electron chi connectivity index (χ2n) is 6.12. The first kappa shape index (κ1) is 19.0. The molecule has 0 aliphatic carbocycles. The van der Waals surface area contributed by atoms with E-state index in [-0.39, 0.29) is 29.1 Å². The number of hydrogen-bond acceptors (Lipinski definition) is 4. The molecular formula is C16H23ClN2O4S. The van der Waals surface area contributed by atoms with Crippen molar-refractivity contribution in [2.75, 3.05) is 19.3 Å². The number of nitrogens with one attached hydrogen (secondary N) is 1. The summed E-state index contributed by atoms with van der Waals surface area (Å²) in [5.41, 5.74) is 0.714. The van der Waals surface area contributed by atoms with Crippen LogP contribution in [0.2, 0.25) is 5.02 Å². The molecule has 1 aliphatic heterocycles. The average molecular weight is 375 g/mol. The second-order valence-corrected chi connectivity index (χ2v) is 8.47. The fourth-order valence-electron chi connectivity index (χ4n) is 2.99. The maximum absolute atomic E-state index is 12.0. The Balaban J connectivity index is 1.82. The molecule has 1 amide bonds. The molecule has 134 valence electrons. The molecule has 2 N–H and O–H groups in total. The summed E-state index contributed by atoms with van der Waals surface area (Å²) in [4.78, 5) is 12.0. The maximum atomic E-state index is 12.0. The van der Waals surface area contributed by atoms with Gasteiger partial charge in [0.05, 0.1) is 17.7 Å². The molecule has 24 heavy (non-hydrogen) atoms. The van der Waals surface area contributed by atoms with E-state index in [1.54, 1.807) is 16.4 Å². The number of carbonyl (C=O) groups is 1. The van der Waals surface area contributed by atoms with Gasteiger partial charge in [-0.2, -0.15) is 4.31 Å². The van der Waals surface area contributed by atoms with Gasteiger partial charge in [0.25, 0.3) is 0 Å². The number of halogens is 1. The fourth-order valence-corrected chi connectivity index (χ4v) is 4.40. The van der Waals surface area contributed by atoms with E-state index in [0.29, 0.717) is 25.1 Å². The third kappa shape index (κ3) is 5.36. The number of benzene rings is 1. The molecule has 2 rings (SSSR count). The Morgan fingerprint density at radius 1 is 1.42 bits per heavy atom. The summed E-state index contributed by atoms with van der Waals surface area (Å²) in [5.74, 6) is -0.169. The van der Waals surface area contributed by atoms with E-state index in [9.17, 15) is 18.3 Å². The molecule has 0 unspecified atom stereocenters. The van der Waals surface area contributed by atoms with E-state index < -0.39 is 10.0 Å². The van der Waals surface area contributed by atoms with Gasteiger partial charge in [-0.05, 0) is 37.0 Å².